The van der Waals surface area contributed by atoms with Gasteiger partial charge in [-0.3, -0.25) is 0 Å². The first-order valence-electron chi connectivity index (χ1n) is 4.64. The Morgan fingerprint density at radius 2 is 2.06 bits per heavy atom. The van der Waals surface area contributed by atoms with E-state index in [4.69, 9.17) is 28.9 Å². The van der Waals surface area contributed by atoms with Crippen LogP contribution in [-0.2, 0) is 0 Å². The number of benzene rings is 1. The number of aromatic nitrogens is 2. The predicted octanol–water partition coefficient (Wildman–Crippen LogP) is 2.85. The molecule has 0 aliphatic carbocycles. The Kier molecular flexibility index (Phi) is 3.21. The largest absolute Gasteiger partial charge is 0.383 e. The van der Waals surface area contributed by atoms with Gasteiger partial charge in [0.15, 0.2) is 0 Å². The van der Waals surface area contributed by atoms with Crippen LogP contribution in [0, 0.1) is 0 Å². The molecule has 2 rings (SSSR count). The predicted molar refractivity (Wildman–Crippen MR) is 67.5 cm³/mol. The van der Waals surface area contributed by atoms with Gasteiger partial charge in [-0.05, 0) is 18.2 Å². The van der Waals surface area contributed by atoms with Crippen LogP contribution >= 0.6 is 23.2 Å². The minimum atomic E-state index is -0.467. The summed E-state index contributed by atoms with van der Waals surface area (Å²) in [5.74, 6) is 0.252. The van der Waals surface area contributed by atoms with Crippen LogP contribution < -0.4 is 11.1 Å². The molecule has 88 valence electrons. The molecule has 1 heterocycles. The molecule has 1 aromatic heterocycles. The maximum absolute atomic E-state index is 11.7. The van der Waals surface area contributed by atoms with E-state index >= 15 is 0 Å². The summed E-state index contributed by atoms with van der Waals surface area (Å²) in [4.78, 5) is 11.7. The van der Waals surface area contributed by atoms with Crippen molar-refractivity contribution >= 4 is 40.7 Å². The van der Waals surface area contributed by atoms with Gasteiger partial charge in [-0.15, -0.1) is 0 Å². The zero-order chi connectivity index (χ0) is 12.4. The molecule has 0 aliphatic rings. The quantitative estimate of drug-likeness (QED) is 0.837. The van der Waals surface area contributed by atoms with Crippen molar-refractivity contribution in [2.45, 2.75) is 0 Å². The number of amides is 1. The molecular weight excluding hydrogens is 263 g/mol. The van der Waals surface area contributed by atoms with Gasteiger partial charge in [-0.25, -0.2) is 4.79 Å². The smallest absolute Gasteiger partial charge is 0.348 e. The minimum Gasteiger partial charge on any atom is -0.383 e. The number of nitrogens with zero attached hydrogens (tertiary/aromatic N) is 2. The van der Waals surface area contributed by atoms with E-state index in [9.17, 15) is 4.79 Å². The zero-order valence-corrected chi connectivity index (χ0v) is 10.0. The summed E-state index contributed by atoms with van der Waals surface area (Å²) in [6.07, 6.45) is 1.43. The number of nitrogen functional groups attached to an aromatic ring is 1. The molecule has 3 N–H and O–H groups in total. The van der Waals surface area contributed by atoms with Crippen LogP contribution in [0.25, 0.3) is 0 Å². The van der Waals surface area contributed by atoms with Gasteiger partial charge >= 0.3 is 6.03 Å². The van der Waals surface area contributed by atoms with Gasteiger partial charge in [0.25, 0.3) is 0 Å². The standard InChI is InChI=1S/C10H8Cl2N4O/c11-7-2-1-6(5-8(7)12)15-10(17)16-9(13)3-4-14-16/h1-5H,13H2,(H,15,17). The molecule has 1 aromatic carbocycles. The maximum atomic E-state index is 11.7. The Bertz CT molecular complexity index is 567. The number of nitrogens with two attached hydrogens (primary N) is 1. The van der Waals surface area contributed by atoms with Crippen molar-refractivity contribution in [2.75, 3.05) is 11.1 Å². The van der Waals surface area contributed by atoms with Gasteiger partial charge in [0, 0.05) is 11.8 Å². The third kappa shape index (κ3) is 2.51. The number of carbonyl (C=O) groups excluding carboxylic acids is 1. The molecule has 17 heavy (non-hydrogen) atoms. The molecule has 7 heteroatoms. The molecule has 0 unspecified atom stereocenters. The van der Waals surface area contributed by atoms with E-state index in [2.05, 4.69) is 10.4 Å². The van der Waals surface area contributed by atoms with E-state index < -0.39 is 6.03 Å². The summed E-state index contributed by atoms with van der Waals surface area (Å²) in [6.45, 7) is 0. The zero-order valence-electron chi connectivity index (χ0n) is 8.52. The Labute approximate surface area is 107 Å². The Morgan fingerprint density at radius 3 is 2.65 bits per heavy atom. The van der Waals surface area contributed by atoms with Crippen LogP contribution in [0.15, 0.2) is 30.5 Å². The van der Waals surface area contributed by atoms with E-state index in [1.807, 2.05) is 0 Å². The average Bonchev–Trinajstić information content (AvgIpc) is 2.70. The topological polar surface area (TPSA) is 72.9 Å². The molecule has 5 nitrogen and oxygen atoms in total. The van der Waals surface area contributed by atoms with Gasteiger partial charge in [0.1, 0.15) is 5.82 Å². The first kappa shape index (κ1) is 11.8. The summed E-state index contributed by atoms with van der Waals surface area (Å²) in [7, 11) is 0. The van der Waals surface area contributed by atoms with Crippen molar-refractivity contribution in [3.8, 4) is 0 Å². The molecule has 0 atom stereocenters. The van der Waals surface area contributed by atoms with Gasteiger partial charge in [0.2, 0.25) is 0 Å². The second-order valence-corrected chi connectivity index (χ2v) is 4.04. The first-order valence-corrected chi connectivity index (χ1v) is 5.39. The van der Waals surface area contributed by atoms with E-state index in [0.717, 1.165) is 4.68 Å². The van der Waals surface area contributed by atoms with Gasteiger partial charge < -0.3 is 11.1 Å². The third-order valence-corrected chi connectivity index (χ3v) is 2.77. The lowest BCUT2D eigenvalue weighted by molar-refractivity contribution is 0.251. The SMILES string of the molecule is Nc1ccnn1C(=O)Nc1ccc(Cl)c(Cl)c1. The lowest BCUT2D eigenvalue weighted by Crippen LogP contribution is -2.22. The summed E-state index contributed by atoms with van der Waals surface area (Å²) in [6, 6.07) is 5.82. The summed E-state index contributed by atoms with van der Waals surface area (Å²) >= 11 is 11.6. The molecule has 0 radical (unpaired) electrons. The maximum Gasteiger partial charge on any atom is 0.348 e. The van der Waals surface area contributed by atoms with Crippen LogP contribution in [0.5, 0.6) is 0 Å². The number of halogens is 2. The van der Waals surface area contributed by atoms with Crippen LogP contribution in [-0.4, -0.2) is 15.8 Å². The van der Waals surface area contributed by atoms with Gasteiger partial charge in [0.05, 0.1) is 16.2 Å². The molecule has 0 fully saturated rings. The normalized spacial score (nSPS) is 10.2. The molecule has 0 aliphatic heterocycles. The molecular formula is C10H8Cl2N4O. The number of rotatable bonds is 1. The van der Waals surface area contributed by atoms with Crippen molar-refractivity contribution in [2.24, 2.45) is 0 Å². The van der Waals surface area contributed by atoms with E-state index in [0.29, 0.717) is 15.7 Å². The van der Waals surface area contributed by atoms with Crippen LogP contribution in [0.1, 0.15) is 0 Å². The Hall–Kier alpha value is -1.72. The molecule has 0 spiro atoms. The molecule has 0 saturated heterocycles. The van der Waals surface area contributed by atoms with Crippen LogP contribution in [0.3, 0.4) is 0 Å². The number of anilines is 2. The Morgan fingerprint density at radius 1 is 1.29 bits per heavy atom. The fraction of sp³-hybridized carbons (Fsp3) is 0. The lowest BCUT2D eigenvalue weighted by Gasteiger charge is -2.06. The highest BCUT2D eigenvalue weighted by molar-refractivity contribution is 6.42. The first-order chi connectivity index (χ1) is 8.08. The highest BCUT2D eigenvalue weighted by atomic mass is 35.5. The number of nitrogens with one attached hydrogen (secondary N) is 1. The van der Waals surface area contributed by atoms with Gasteiger partial charge in [-0.2, -0.15) is 9.78 Å². The van der Waals surface area contributed by atoms with Gasteiger partial charge in [-0.1, -0.05) is 23.2 Å². The van der Waals surface area contributed by atoms with E-state index in [1.165, 1.54) is 12.3 Å². The highest BCUT2D eigenvalue weighted by Crippen LogP contribution is 2.25. The number of hydrogen-bond acceptors (Lipinski definition) is 3. The minimum absolute atomic E-state index is 0.252. The molecule has 2 aromatic rings. The van der Waals surface area contributed by atoms with Crippen molar-refractivity contribution in [3.05, 3.63) is 40.5 Å². The van der Waals surface area contributed by atoms with Crippen LogP contribution in [0.2, 0.25) is 10.0 Å². The lowest BCUT2D eigenvalue weighted by atomic mass is 10.3. The van der Waals surface area contributed by atoms with Crippen molar-refractivity contribution in [1.29, 1.82) is 0 Å². The molecule has 0 bridgehead atoms. The summed E-state index contributed by atoms with van der Waals surface area (Å²) < 4.78 is 1.04. The van der Waals surface area contributed by atoms with E-state index in [1.54, 1.807) is 18.2 Å². The summed E-state index contributed by atoms with van der Waals surface area (Å²) in [5.41, 5.74) is 6.05. The van der Waals surface area contributed by atoms with Crippen molar-refractivity contribution < 1.29 is 4.79 Å². The summed E-state index contributed by atoms with van der Waals surface area (Å²) in [5, 5.41) is 7.14. The van der Waals surface area contributed by atoms with Crippen molar-refractivity contribution in [3.63, 3.8) is 0 Å². The number of carbonyl (C=O) groups is 1. The fourth-order valence-corrected chi connectivity index (χ4v) is 1.53. The van der Waals surface area contributed by atoms with Crippen LogP contribution in [0.4, 0.5) is 16.3 Å². The monoisotopic (exact) mass is 270 g/mol. The van der Waals surface area contributed by atoms with Crippen molar-refractivity contribution in [1.82, 2.24) is 9.78 Å². The fourth-order valence-electron chi connectivity index (χ4n) is 1.23. The molecule has 1 amide bonds. The average molecular weight is 271 g/mol. The molecule has 0 saturated carbocycles. The third-order valence-electron chi connectivity index (χ3n) is 2.04. The van der Waals surface area contributed by atoms with E-state index in [-0.39, 0.29) is 5.82 Å². The Balaban J connectivity index is 2.19. The highest BCUT2D eigenvalue weighted by Gasteiger charge is 2.09. The number of hydrogen-bond donors (Lipinski definition) is 2. The second-order valence-electron chi connectivity index (χ2n) is 3.23. The second kappa shape index (κ2) is 4.65.